The van der Waals surface area contributed by atoms with Crippen LogP contribution >= 0.6 is 11.6 Å². The molecular formula is C30H36ClN3O8. The summed E-state index contributed by atoms with van der Waals surface area (Å²) in [5.74, 6) is -1.27. The molecule has 4 aliphatic carbocycles. The predicted octanol–water partition coefficient (Wildman–Crippen LogP) is 3.68. The first-order valence-electron chi connectivity index (χ1n) is 14.6. The number of fused-ring (bicyclic) bond motifs is 5. The van der Waals surface area contributed by atoms with Crippen molar-refractivity contribution in [2.45, 2.75) is 82.0 Å². The molecule has 11 nitrogen and oxygen atoms in total. The molecule has 226 valence electrons. The van der Waals surface area contributed by atoms with Gasteiger partial charge in [0.2, 0.25) is 0 Å². The first-order valence-corrected chi connectivity index (χ1v) is 15.0. The number of aliphatic hydroxyl groups is 3. The number of ether oxygens (including phenoxy) is 1. The Balaban J connectivity index is 1.30. The van der Waals surface area contributed by atoms with Crippen molar-refractivity contribution in [3.8, 4) is 0 Å². The van der Waals surface area contributed by atoms with E-state index >= 15 is 0 Å². The predicted molar refractivity (Wildman–Crippen MR) is 152 cm³/mol. The molecule has 0 unspecified atom stereocenters. The van der Waals surface area contributed by atoms with Crippen LogP contribution < -0.4 is 5.43 Å². The van der Waals surface area contributed by atoms with Crippen LogP contribution in [0, 0.1) is 38.7 Å². The van der Waals surface area contributed by atoms with Gasteiger partial charge >= 0.3 is 5.97 Å². The lowest BCUT2D eigenvalue weighted by atomic mass is 9.41. The Hall–Kier alpha value is -2.86. The molecule has 1 aliphatic heterocycles. The van der Waals surface area contributed by atoms with Crippen LogP contribution in [0.1, 0.15) is 75.1 Å². The molecule has 5 aliphatic rings. The second-order valence-electron chi connectivity index (χ2n) is 13.1. The van der Waals surface area contributed by atoms with E-state index in [2.05, 4.69) is 17.5 Å². The van der Waals surface area contributed by atoms with E-state index in [0.717, 1.165) is 18.1 Å². The molecule has 1 aromatic rings. The van der Waals surface area contributed by atoms with Gasteiger partial charge in [-0.15, -0.1) is 0 Å². The number of benzene rings is 1. The van der Waals surface area contributed by atoms with Gasteiger partial charge in [0.1, 0.15) is 6.61 Å². The number of aliphatic hydroxyl groups excluding tert-OH is 1. The number of rotatable bonds is 5. The van der Waals surface area contributed by atoms with Gasteiger partial charge in [-0.25, -0.2) is 10.2 Å². The average Bonchev–Trinajstić information content (AvgIpc) is 3.48. The molecule has 4 N–H and O–H groups in total. The smallest absolute Gasteiger partial charge is 0.331 e. The summed E-state index contributed by atoms with van der Waals surface area (Å²) in [7, 11) is 0. The van der Waals surface area contributed by atoms with E-state index in [1.165, 1.54) is 12.1 Å². The average molecular weight is 602 g/mol. The number of esters is 1. The minimum Gasteiger partial charge on any atom is -0.458 e. The van der Waals surface area contributed by atoms with Gasteiger partial charge < -0.3 is 20.1 Å². The molecule has 42 heavy (non-hydrogen) atoms. The number of non-ortho nitro benzene ring substituents is 1. The van der Waals surface area contributed by atoms with E-state index in [9.17, 15) is 35.0 Å². The van der Waals surface area contributed by atoms with Crippen molar-refractivity contribution in [2.24, 2.45) is 33.7 Å². The maximum Gasteiger partial charge on any atom is 0.331 e. The third kappa shape index (κ3) is 4.23. The largest absolute Gasteiger partial charge is 0.458 e. The van der Waals surface area contributed by atoms with Crippen molar-refractivity contribution in [3.63, 3.8) is 0 Å². The third-order valence-corrected chi connectivity index (χ3v) is 11.8. The zero-order valence-electron chi connectivity index (χ0n) is 23.4. The molecule has 1 amide bonds. The zero-order chi connectivity index (χ0) is 30.1. The molecule has 8 atom stereocenters. The molecule has 12 heteroatoms. The van der Waals surface area contributed by atoms with E-state index in [0.29, 0.717) is 44.9 Å². The highest BCUT2D eigenvalue weighted by Crippen LogP contribution is 2.70. The summed E-state index contributed by atoms with van der Waals surface area (Å²) >= 11 is 6.14. The summed E-state index contributed by atoms with van der Waals surface area (Å²) in [6, 6.07) is 3.55. The lowest BCUT2D eigenvalue weighted by Gasteiger charge is -2.65. The van der Waals surface area contributed by atoms with Crippen LogP contribution in [0.3, 0.4) is 0 Å². The number of carbonyl (C=O) groups is 2. The first kappa shape index (κ1) is 29.2. The van der Waals surface area contributed by atoms with Crippen molar-refractivity contribution in [1.29, 1.82) is 0 Å². The summed E-state index contributed by atoms with van der Waals surface area (Å²) in [6.45, 7) is 2.38. The fourth-order valence-electron chi connectivity index (χ4n) is 9.43. The Kier molecular flexibility index (Phi) is 7.03. The molecule has 6 rings (SSSR count). The quantitative estimate of drug-likeness (QED) is 0.171. The van der Waals surface area contributed by atoms with Crippen molar-refractivity contribution in [3.05, 3.63) is 50.5 Å². The Labute approximate surface area is 248 Å². The van der Waals surface area contributed by atoms with Crippen molar-refractivity contribution in [1.82, 2.24) is 5.43 Å². The fraction of sp³-hybridized carbons (Fsp3) is 0.633. The molecule has 0 saturated heterocycles. The van der Waals surface area contributed by atoms with Crippen molar-refractivity contribution < 1.29 is 34.6 Å². The first-order chi connectivity index (χ1) is 19.8. The highest BCUT2D eigenvalue weighted by molar-refractivity contribution is 6.34. The van der Waals surface area contributed by atoms with E-state index in [-0.39, 0.29) is 53.0 Å². The zero-order valence-corrected chi connectivity index (χ0v) is 24.2. The van der Waals surface area contributed by atoms with Crippen LogP contribution in [-0.2, 0) is 9.53 Å². The van der Waals surface area contributed by atoms with Crippen LogP contribution in [0.5, 0.6) is 0 Å². The Morgan fingerprint density at radius 2 is 1.93 bits per heavy atom. The SMILES string of the molecule is C[C@]12CC[C@H]3[C@@H](CC[C@]4(O)C[C@H](O)CC[C@]34/C=N\NC(=O)c3ccc([N+](=O)[O-])cc3Cl)[C@@]1(O)CC[C@@H]2C1=CC(=O)OC1. The number of hydrogen-bond donors (Lipinski definition) is 4. The molecule has 4 fully saturated rings. The lowest BCUT2D eigenvalue weighted by molar-refractivity contribution is -0.384. The second-order valence-corrected chi connectivity index (χ2v) is 13.5. The number of hydrazone groups is 1. The number of nitro benzene ring substituents is 1. The summed E-state index contributed by atoms with van der Waals surface area (Å²) in [5, 5.41) is 50.4. The number of halogens is 1. The topological polar surface area (TPSA) is 172 Å². The Morgan fingerprint density at radius 3 is 2.62 bits per heavy atom. The third-order valence-electron chi connectivity index (χ3n) is 11.5. The van der Waals surface area contributed by atoms with Crippen molar-refractivity contribution in [2.75, 3.05) is 6.61 Å². The van der Waals surface area contributed by atoms with Gasteiger partial charge in [-0.05, 0) is 80.8 Å². The number of nitrogens with one attached hydrogen (secondary N) is 1. The number of nitrogens with zero attached hydrogens (tertiary/aromatic N) is 2. The summed E-state index contributed by atoms with van der Waals surface area (Å²) in [4.78, 5) is 35.2. The van der Waals surface area contributed by atoms with Gasteiger partial charge in [0.25, 0.3) is 11.6 Å². The maximum absolute atomic E-state index is 12.9. The van der Waals surface area contributed by atoms with E-state index in [4.69, 9.17) is 16.3 Å². The van der Waals surface area contributed by atoms with Crippen LogP contribution in [0.2, 0.25) is 5.02 Å². The van der Waals surface area contributed by atoms with Gasteiger partial charge in [-0.1, -0.05) is 18.5 Å². The molecule has 4 saturated carbocycles. The summed E-state index contributed by atoms with van der Waals surface area (Å²) in [6.07, 6.45) is 7.23. The minimum atomic E-state index is -1.28. The number of cyclic esters (lactones) is 1. The Morgan fingerprint density at radius 1 is 1.17 bits per heavy atom. The van der Waals surface area contributed by atoms with Gasteiger partial charge in [0, 0.05) is 41.7 Å². The molecule has 1 aromatic carbocycles. The number of carbonyl (C=O) groups excluding carboxylic acids is 2. The molecule has 0 radical (unpaired) electrons. The van der Waals surface area contributed by atoms with E-state index in [1.54, 1.807) is 12.3 Å². The second kappa shape index (κ2) is 10.1. The summed E-state index contributed by atoms with van der Waals surface area (Å²) < 4.78 is 5.21. The van der Waals surface area contributed by atoms with Gasteiger partial charge in [0.05, 0.1) is 32.8 Å². The van der Waals surface area contributed by atoms with Crippen molar-refractivity contribution >= 4 is 35.4 Å². The minimum absolute atomic E-state index is 0.0242. The maximum atomic E-state index is 12.9. The van der Waals surface area contributed by atoms with Gasteiger partial charge in [-0.3, -0.25) is 14.9 Å². The van der Waals surface area contributed by atoms with Gasteiger partial charge in [0.15, 0.2) is 0 Å². The van der Waals surface area contributed by atoms with Crippen LogP contribution in [0.4, 0.5) is 5.69 Å². The number of hydrogen-bond acceptors (Lipinski definition) is 9. The summed E-state index contributed by atoms with van der Waals surface area (Å²) in [5.41, 5.74) is -0.454. The van der Waals surface area contributed by atoms with E-state index in [1.807, 2.05) is 0 Å². The van der Waals surface area contributed by atoms with Crippen LogP contribution in [0.15, 0.2) is 34.9 Å². The monoisotopic (exact) mass is 601 g/mol. The number of amides is 1. The lowest BCUT2D eigenvalue weighted by Crippen LogP contribution is -2.68. The normalized spacial score (nSPS) is 41.0. The highest BCUT2D eigenvalue weighted by atomic mass is 35.5. The molecular weight excluding hydrogens is 566 g/mol. The Bertz CT molecular complexity index is 1400. The molecule has 1 heterocycles. The number of nitro groups is 1. The standard InChI is InChI=1S/C30H36ClN3O8/c1-27-8-5-22-23(30(27,39)11-7-21(27)17-12-25(36)42-15-17)6-10-29(38)14-19(35)4-9-28(22,29)16-32-33-26(37)20-3-2-18(34(40)41)13-24(20)31/h2-3,12-13,16,19,21-23,35,38-39H,4-11,14-15H2,1H3,(H,33,37)/b32-16-/t19-,21-,22+,23-,27-,28+,29+,30+/m1/s1. The van der Waals surface area contributed by atoms with Crippen LogP contribution in [-0.4, -0.2) is 62.2 Å². The van der Waals surface area contributed by atoms with Gasteiger partial charge in [-0.2, -0.15) is 5.10 Å². The highest BCUT2D eigenvalue weighted by Gasteiger charge is 2.71. The van der Waals surface area contributed by atoms with E-state index < -0.39 is 39.0 Å². The van der Waals surface area contributed by atoms with Crippen LogP contribution in [0.25, 0.3) is 0 Å². The molecule has 0 spiro atoms. The fourth-order valence-corrected chi connectivity index (χ4v) is 9.69. The molecule has 0 bridgehead atoms. The molecule has 0 aromatic heterocycles.